The van der Waals surface area contributed by atoms with E-state index in [1.165, 1.54) is 12.1 Å². The van der Waals surface area contributed by atoms with Crippen LogP contribution in [0, 0.1) is 66.0 Å². The summed E-state index contributed by atoms with van der Waals surface area (Å²) in [6, 6.07) is 9.19. The van der Waals surface area contributed by atoms with Crippen LogP contribution in [0.3, 0.4) is 0 Å². The van der Waals surface area contributed by atoms with Gasteiger partial charge in [0, 0.05) is 5.22 Å². The normalized spacial score (nSPS) is 12.5. The first-order valence-electron chi connectivity index (χ1n) is 9.90. The van der Waals surface area contributed by atoms with Gasteiger partial charge >= 0.3 is 6.18 Å². The van der Waals surface area contributed by atoms with Gasteiger partial charge in [0.05, 0.1) is 35.9 Å². The van der Waals surface area contributed by atoms with Gasteiger partial charge in [-0.3, -0.25) is 0 Å². The molecule has 4 nitrogen and oxygen atoms in total. The average molecular weight is 510 g/mol. The number of rotatable bonds is 2. The van der Waals surface area contributed by atoms with E-state index < -0.39 is 73.9 Å². The summed E-state index contributed by atoms with van der Waals surface area (Å²) in [6.45, 7) is 15.0. The Morgan fingerprint density at radius 2 is 1.49 bits per heavy atom. The third-order valence-corrected chi connectivity index (χ3v) is 5.34. The van der Waals surface area contributed by atoms with E-state index in [-0.39, 0.29) is 10.8 Å². The Labute approximate surface area is 204 Å². The molecule has 0 saturated carbocycles. The predicted molar refractivity (Wildman–Crippen MR) is 117 cm³/mol. The van der Waals surface area contributed by atoms with Gasteiger partial charge < -0.3 is 0 Å². The van der Waals surface area contributed by atoms with Crippen molar-refractivity contribution in [2.24, 2.45) is 0 Å². The Balaban J connectivity index is 2.71. The summed E-state index contributed by atoms with van der Waals surface area (Å²) in [5.74, 6) is -8.37. The highest BCUT2D eigenvalue weighted by Crippen LogP contribution is 2.39. The minimum atomic E-state index is -4.95. The molecule has 0 atom stereocenters. The summed E-state index contributed by atoms with van der Waals surface area (Å²) < 4.78 is 100. The Hall–Kier alpha value is -5.13. The molecule has 0 radical (unpaired) electrons. The maximum atomic E-state index is 14.8. The Bertz CT molecular complexity index is 1710. The van der Waals surface area contributed by atoms with Crippen molar-refractivity contribution in [1.82, 2.24) is 0 Å². The molecule has 3 aromatic carbocycles. The summed E-state index contributed by atoms with van der Waals surface area (Å²) in [4.78, 5) is 5.38. The summed E-state index contributed by atoms with van der Waals surface area (Å²) >= 11 is 0. The summed E-state index contributed by atoms with van der Waals surface area (Å²) in [5.41, 5.74) is -7.27. The molecule has 0 bridgehead atoms. The molecule has 0 spiro atoms. The Morgan fingerprint density at radius 1 is 0.865 bits per heavy atom. The van der Waals surface area contributed by atoms with E-state index in [4.69, 9.17) is 13.1 Å². The molecule has 37 heavy (non-hydrogen) atoms. The molecule has 0 aliphatic rings. The van der Waals surface area contributed by atoms with Crippen LogP contribution in [-0.4, -0.2) is 0 Å². The number of nitriles is 2. The second kappa shape index (κ2) is 9.85. The van der Waals surface area contributed by atoms with E-state index in [9.17, 15) is 41.3 Å². The van der Waals surface area contributed by atoms with E-state index >= 15 is 0 Å². The zero-order valence-electron chi connectivity index (χ0n) is 18.4. The Kier molecular flexibility index (Phi) is 7.05. The quantitative estimate of drug-likeness (QED) is 0.239. The number of halogens is 7. The molecule has 0 aliphatic heterocycles. The van der Waals surface area contributed by atoms with E-state index in [0.717, 1.165) is 37.3 Å². The van der Waals surface area contributed by atoms with Crippen LogP contribution in [-0.2, 0) is 6.18 Å². The van der Waals surface area contributed by atoms with Crippen LogP contribution in [0.1, 0.15) is 16.7 Å². The van der Waals surface area contributed by atoms with Crippen LogP contribution < -0.4 is 10.4 Å². The van der Waals surface area contributed by atoms with Gasteiger partial charge in [0.2, 0.25) is 0 Å². The van der Waals surface area contributed by atoms with Crippen molar-refractivity contribution in [3.8, 4) is 23.3 Å². The van der Waals surface area contributed by atoms with Crippen LogP contribution in [0.25, 0.3) is 32.1 Å². The van der Waals surface area contributed by atoms with Crippen molar-refractivity contribution in [1.29, 1.82) is 10.5 Å². The first-order chi connectivity index (χ1) is 17.4. The summed E-state index contributed by atoms with van der Waals surface area (Å²) in [6.07, 6.45) is -4.95. The zero-order chi connectivity index (χ0) is 27.7. The predicted octanol–water partition coefficient (Wildman–Crippen LogP) is 6.06. The third kappa shape index (κ3) is 4.47. The SMILES string of the molecule is [C-]#[N+]/C(C#N)=c1\cc/c(=C(/C#N)c2c(F)c(F)c([N+]#[C-])c(F)c2F)c(-c2cccc(C)c2C(F)(F)F)c1. The first kappa shape index (κ1) is 26.5. The average Bonchev–Trinajstić information content (AvgIpc) is 2.86. The van der Waals surface area contributed by atoms with Crippen molar-refractivity contribution < 1.29 is 30.7 Å². The highest BCUT2D eigenvalue weighted by atomic mass is 19.4. The molecule has 182 valence electrons. The highest BCUT2D eigenvalue weighted by molar-refractivity contribution is 5.84. The fourth-order valence-corrected chi connectivity index (χ4v) is 3.74. The molecule has 0 fully saturated rings. The molecular formula is C26H9F7N4. The topological polar surface area (TPSA) is 56.3 Å². The van der Waals surface area contributed by atoms with Gasteiger partial charge in [-0.2, -0.15) is 18.4 Å². The molecule has 0 saturated heterocycles. The lowest BCUT2D eigenvalue weighted by Crippen LogP contribution is -2.20. The molecule has 0 aromatic heterocycles. The van der Waals surface area contributed by atoms with Crippen molar-refractivity contribution in [2.45, 2.75) is 13.1 Å². The smallest absolute Gasteiger partial charge is 0.232 e. The Morgan fingerprint density at radius 3 is 1.97 bits per heavy atom. The zero-order valence-corrected chi connectivity index (χ0v) is 18.4. The lowest BCUT2D eigenvalue weighted by atomic mass is 9.90. The summed E-state index contributed by atoms with van der Waals surface area (Å²) in [7, 11) is 0. The van der Waals surface area contributed by atoms with Crippen molar-refractivity contribution in [3.05, 3.63) is 110 Å². The van der Waals surface area contributed by atoms with Crippen LogP contribution in [0.15, 0.2) is 36.4 Å². The van der Waals surface area contributed by atoms with E-state index in [1.54, 1.807) is 6.07 Å². The largest absolute Gasteiger partial charge is 0.417 e. The molecule has 0 aliphatic carbocycles. The first-order valence-corrected chi connectivity index (χ1v) is 9.90. The lowest BCUT2D eigenvalue weighted by Gasteiger charge is -2.17. The van der Waals surface area contributed by atoms with Gasteiger partial charge in [0.1, 0.15) is 6.07 Å². The number of nitrogens with zero attached hydrogens (tertiary/aromatic N) is 4. The minimum Gasteiger partial charge on any atom is -0.232 e. The number of hydrogen-bond acceptors (Lipinski definition) is 2. The maximum Gasteiger partial charge on any atom is 0.417 e. The van der Waals surface area contributed by atoms with Gasteiger partial charge in [-0.15, -0.1) is 0 Å². The molecule has 0 heterocycles. The third-order valence-electron chi connectivity index (χ3n) is 5.34. The van der Waals surface area contributed by atoms with Crippen molar-refractivity contribution in [2.75, 3.05) is 0 Å². The van der Waals surface area contributed by atoms with Gasteiger partial charge in [-0.05, 0) is 28.8 Å². The number of aryl methyl sites for hydroxylation is 1. The maximum absolute atomic E-state index is 14.8. The van der Waals surface area contributed by atoms with Crippen LogP contribution in [0.2, 0.25) is 0 Å². The summed E-state index contributed by atoms with van der Waals surface area (Å²) in [5, 5.41) is 18.2. The van der Waals surface area contributed by atoms with Crippen LogP contribution in [0.4, 0.5) is 36.4 Å². The van der Waals surface area contributed by atoms with Crippen LogP contribution >= 0.6 is 0 Å². The molecular weight excluding hydrogens is 501 g/mol. The molecule has 0 N–H and O–H groups in total. The molecule has 0 unspecified atom stereocenters. The number of alkyl halides is 3. The van der Waals surface area contributed by atoms with Gasteiger partial charge in [0.25, 0.3) is 11.4 Å². The van der Waals surface area contributed by atoms with Gasteiger partial charge in [-0.1, -0.05) is 36.4 Å². The number of benzene rings is 3. The lowest BCUT2D eigenvalue weighted by molar-refractivity contribution is -0.137. The molecule has 0 amide bonds. The second-order valence-electron chi connectivity index (χ2n) is 7.41. The fourth-order valence-electron chi connectivity index (χ4n) is 3.74. The van der Waals surface area contributed by atoms with Gasteiger partial charge in [0.15, 0.2) is 23.3 Å². The monoisotopic (exact) mass is 510 g/mol. The van der Waals surface area contributed by atoms with E-state index in [2.05, 4.69) is 9.69 Å². The standard InChI is InChI=1S/C26H9F7N4/c1-12-5-4-6-15(20(12)26(31,32)33)16-9-13(18(11-35)36-2)7-8-14(16)17(10-34)19-21(27)23(29)25(37-3)24(30)22(19)28/h4-9H,1H3/b17-14+,18-13+. The molecule has 3 rings (SSSR count). The molecule has 3 aromatic rings. The van der Waals surface area contributed by atoms with Crippen molar-refractivity contribution in [3.63, 3.8) is 0 Å². The number of hydrogen-bond donors (Lipinski definition) is 0. The fraction of sp³-hybridized carbons (Fsp3) is 0.0769. The van der Waals surface area contributed by atoms with E-state index in [1.807, 2.05) is 0 Å². The van der Waals surface area contributed by atoms with Crippen LogP contribution in [0.5, 0.6) is 0 Å². The molecule has 11 heteroatoms. The minimum absolute atomic E-state index is 0.176. The van der Waals surface area contributed by atoms with Gasteiger partial charge in [-0.25, -0.2) is 32.5 Å². The second-order valence-corrected chi connectivity index (χ2v) is 7.41. The van der Waals surface area contributed by atoms with Crippen molar-refractivity contribution >= 4 is 17.0 Å². The van der Waals surface area contributed by atoms with E-state index in [0.29, 0.717) is 0 Å². The highest BCUT2D eigenvalue weighted by Gasteiger charge is 2.36.